The maximum Gasteiger partial charge on any atom is 0.331 e. The summed E-state index contributed by atoms with van der Waals surface area (Å²) in [6.07, 6.45) is 0. The summed E-state index contributed by atoms with van der Waals surface area (Å²) in [6.45, 7) is 1.24. The van der Waals surface area contributed by atoms with Crippen LogP contribution in [-0.2, 0) is 14.3 Å². The van der Waals surface area contributed by atoms with Gasteiger partial charge in [0.15, 0.2) is 6.04 Å². The molecule has 1 atom stereocenters. The molecular formula is C12H13Cl2NO4. The lowest BCUT2D eigenvalue weighted by Crippen LogP contribution is -2.44. The lowest BCUT2D eigenvalue weighted by atomic mass is 10.3. The van der Waals surface area contributed by atoms with Gasteiger partial charge in [-0.25, -0.2) is 4.79 Å². The summed E-state index contributed by atoms with van der Waals surface area (Å²) in [6, 6.07) is 3.82. The van der Waals surface area contributed by atoms with Crippen molar-refractivity contribution in [2.24, 2.45) is 0 Å². The summed E-state index contributed by atoms with van der Waals surface area (Å²) in [4.78, 5) is 22.4. The van der Waals surface area contributed by atoms with Gasteiger partial charge in [0, 0.05) is 13.0 Å². The number of hydrogen-bond acceptors (Lipinski definition) is 4. The first-order chi connectivity index (χ1) is 8.93. The monoisotopic (exact) mass is 305 g/mol. The zero-order valence-corrected chi connectivity index (χ0v) is 11.9. The quantitative estimate of drug-likeness (QED) is 0.846. The number of methoxy groups -OCH3 is 1. The molecule has 19 heavy (non-hydrogen) atoms. The minimum Gasteiger partial charge on any atom is -0.491 e. The fraction of sp³-hybridized carbons (Fsp3) is 0.333. The van der Waals surface area contributed by atoms with Crippen molar-refractivity contribution in [1.29, 1.82) is 0 Å². The maximum absolute atomic E-state index is 11.4. The fourth-order valence-corrected chi connectivity index (χ4v) is 1.59. The Morgan fingerprint density at radius 1 is 1.32 bits per heavy atom. The summed E-state index contributed by atoms with van der Waals surface area (Å²) >= 11 is 11.6. The molecule has 0 aliphatic heterocycles. The molecule has 0 aromatic heterocycles. The van der Waals surface area contributed by atoms with Crippen molar-refractivity contribution < 1.29 is 19.1 Å². The number of halogens is 2. The van der Waals surface area contributed by atoms with Gasteiger partial charge in [-0.1, -0.05) is 23.2 Å². The van der Waals surface area contributed by atoms with Gasteiger partial charge in [0.05, 0.1) is 17.2 Å². The fourth-order valence-electron chi connectivity index (χ4n) is 1.30. The van der Waals surface area contributed by atoms with Crippen molar-refractivity contribution in [3.63, 3.8) is 0 Å². The normalized spacial score (nSPS) is 11.6. The number of carbonyl (C=O) groups excluding carboxylic acids is 2. The van der Waals surface area contributed by atoms with Crippen molar-refractivity contribution in [1.82, 2.24) is 5.32 Å². The van der Waals surface area contributed by atoms with E-state index in [0.717, 1.165) is 0 Å². The minimum absolute atomic E-state index is 0.0653. The Kier molecular flexibility index (Phi) is 5.92. The van der Waals surface area contributed by atoms with Crippen LogP contribution in [0.25, 0.3) is 0 Å². The Balaban J connectivity index is 2.67. The van der Waals surface area contributed by atoms with E-state index in [-0.39, 0.29) is 12.5 Å². The number of amides is 1. The molecule has 0 radical (unpaired) electrons. The predicted octanol–water partition coefficient (Wildman–Crippen LogP) is 2.05. The number of carbonyl (C=O) groups is 2. The highest BCUT2D eigenvalue weighted by Crippen LogP contribution is 2.26. The Morgan fingerprint density at radius 3 is 2.53 bits per heavy atom. The molecule has 0 heterocycles. The van der Waals surface area contributed by atoms with Crippen LogP contribution in [0.15, 0.2) is 18.2 Å². The number of rotatable bonds is 5. The van der Waals surface area contributed by atoms with Crippen LogP contribution in [0.5, 0.6) is 5.75 Å². The third-order valence-corrected chi connectivity index (χ3v) is 2.91. The topological polar surface area (TPSA) is 64.6 Å². The number of esters is 1. The zero-order chi connectivity index (χ0) is 14.4. The zero-order valence-electron chi connectivity index (χ0n) is 10.4. The Hall–Kier alpha value is -1.46. The van der Waals surface area contributed by atoms with E-state index in [2.05, 4.69) is 10.1 Å². The van der Waals surface area contributed by atoms with Gasteiger partial charge in [-0.05, 0) is 12.1 Å². The van der Waals surface area contributed by atoms with Gasteiger partial charge in [0.25, 0.3) is 0 Å². The highest BCUT2D eigenvalue weighted by atomic mass is 35.5. The van der Waals surface area contributed by atoms with E-state index in [1.54, 1.807) is 12.1 Å². The van der Waals surface area contributed by atoms with Crippen LogP contribution in [0, 0.1) is 0 Å². The Labute approximate surface area is 120 Å². The molecule has 1 aromatic rings. The highest BCUT2D eigenvalue weighted by molar-refractivity contribution is 6.42. The van der Waals surface area contributed by atoms with Crippen LogP contribution < -0.4 is 10.1 Å². The van der Waals surface area contributed by atoms with Gasteiger partial charge in [0.1, 0.15) is 12.4 Å². The molecule has 0 bridgehead atoms. The molecule has 104 valence electrons. The SMILES string of the molecule is COC(=O)C(COc1ccc(Cl)c(Cl)c1)NC(C)=O. The maximum atomic E-state index is 11.4. The van der Waals surface area contributed by atoms with Crippen LogP contribution in [-0.4, -0.2) is 31.6 Å². The van der Waals surface area contributed by atoms with Gasteiger partial charge in [-0.2, -0.15) is 0 Å². The standard InChI is InChI=1S/C12H13Cl2NO4/c1-7(16)15-11(12(17)18-2)6-19-8-3-4-9(13)10(14)5-8/h3-5,11H,6H2,1-2H3,(H,15,16). The third kappa shape index (κ3) is 4.96. The number of ether oxygens (including phenoxy) is 2. The summed E-state index contributed by atoms with van der Waals surface area (Å²) in [5.74, 6) is -0.503. The smallest absolute Gasteiger partial charge is 0.331 e. The van der Waals surface area contributed by atoms with E-state index in [1.807, 2.05) is 0 Å². The van der Waals surface area contributed by atoms with E-state index in [9.17, 15) is 9.59 Å². The molecule has 1 N–H and O–H groups in total. The molecular weight excluding hydrogens is 293 g/mol. The molecule has 5 nitrogen and oxygen atoms in total. The average molecular weight is 306 g/mol. The first kappa shape index (κ1) is 15.6. The van der Waals surface area contributed by atoms with Crippen molar-refractivity contribution in [2.75, 3.05) is 13.7 Å². The molecule has 0 spiro atoms. The van der Waals surface area contributed by atoms with E-state index >= 15 is 0 Å². The molecule has 1 unspecified atom stereocenters. The van der Waals surface area contributed by atoms with Crippen LogP contribution in [0.3, 0.4) is 0 Å². The van der Waals surface area contributed by atoms with Crippen molar-refractivity contribution in [3.8, 4) is 5.75 Å². The minimum atomic E-state index is -0.878. The lowest BCUT2D eigenvalue weighted by Gasteiger charge is -2.16. The van der Waals surface area contributed by atoms with Gasteiger partial charge in [-0.15, -0.1) is 0 Å². The first-order valence-electron chi connectivity index (χ1n) is 5.37. The molecule has 1 rings (SSSR count). The van der Waals surface area contributed by atoms with E-state index in [0.29, 0.717) is 15.8 Å². The predicted molar refractivity (Wildman–Crippen MR) is 71.6 cm³/mol. The Bertz CT molecular complexity index is 479. The van der Waals surface area contributed by atoms with E-state index in [4.69, 9.17) is 27.9 Å². The van der Waals surface area contributed by atoms with Gasteiger partial charge < -0.3 is 14.8 Å². The van der Waals surface area contributed by atoms with Crippen molar-refractivity contribution in [2.45, 2.75) is 13.0 Å². The number of benzene rings is 1. The third-order valence-electron chi connectivity index (χ3n) is 2.17. The van der Waals surface area contributed by atoms with Crippen molar-refractivity contribution in [3.05, 3.63) is 28.2 Å². The summed E-state index contributed by atoms with van der Waals surface area (Å²) in [5.41, 5.74) is 0. The van der Waals surface area contributed by atoms with Gasteiger partial charge >= 0.3 is 5.97 Å². The number of hydrogen-bond donors (Lipinski definition) is 1. The molecule has 0 saturated carbocycles. The average Bonchev–Trinajstić information content (AvgIpc) is 2.37. The molecule has 0 fully saturated rings. The summed E-state index contributed by atoms with van der Waals surface area (Å²) < 4.78 is 9.93. The second-order valence-corrected chi connectivity index (χ2v) is 4.48. The van der Waals surface area contributed by atoms with Crippen LogP contribution >= 0.6 is 23.2 Å². The van der Waals surface area contributed by atoms with E-state index < -0.39 is 12.0 Å². The molecule has 7 heteroatoms. The molecule has 0 aliphatic carbocycles. The summed E-state index contributed by atoms with van der Waals surface area (Å²) in [7, 11) is 1.23. The van der Waals surface area contributed by atoms with Gasteiger partial charge in [0.2, 0.25) is 5.91 Å². The molecule has 0 aliphatic rings. The van der Waals surface area contributed by atoms with Crippen LogP contribution in [0.4, 0.5) is 0 Å². The van der Waals surface area contributed by atoms with Crippen LogP contribution in [0.2, 0.25) is 10.0 Å². The second kappa shape index (κ2) is 7.21. The van der Waals surface area contributed by atoms with Gasteiger partial charge in [-0.3, -0.25) is 4.79 Å². The largest absolute Gasteiger partial charge is 0.491 e. The lowest BCUT2D eigenvalue weighted by molar-refractivity contribution is -0.145. The highest BCUT2D eigenvalue weighted by Gasteiger charge is 2.21. The van der Waals surface area contributed by atoms with E-state index in [1.165, 1.54) is 20.1 Å². The number of nitrogens with one attached hydrogen (secondary N) is 1. The summed E-state index contributed by atoms with van der Waals surface area (Å²) in [5, 5.41) is 3.17. The molecule has 1 aromatic carbocycles. The molecule has 1 amide bonds. The van der Waals surface area contributed by atoms with Crippen molar-refractivity contribution >= 4 is 35.1 Å². The second-order valence-electron chi connectivity index (χ2n) is 3.66. The molecule has 0 saturated heterocycles. The first-order valence-corrected chi connectivity index (χ1v) is 6.12. The Morgan fingerprint density at radius 2 is 2.00 bits per heavy atom. The van der Waals surface area contributed by atoms with Crippen LogP contribution in [0.1, 0.15) is 6.92 Å².